The molecule has 104 valence electrons. The van der Waals surface area contributed by atoms with E-state index in [2.05, 4.69) is 5.32 Å². The summed E-state index contributed by atoms with van der Waals surface area (Å²) in [5.41, 5.74) is 0. The fourth-order valence-corrected chi connectivity index (χ4v) is 2.20. The number of ether oxygens (including phenoxy) is 1. The van der Waals surface area contributed by atoms with Gasteiger partial charge in [0, 0.05) is 26.1 Å². The Kier molecular flexibility index (Phi) is 5.33. The summed E-state index contributed by atoms with van der Waals surface area (Å²) in [7, 11) is 1.48. The van der Waals surface area contributed by atoms with Crippen molar-refractivity contribution in [2.24, 2.45) is 5.92 Å². The second-order valence-corrected chi connectivity index (χ2v) is 4.43. The lowest BCUT2D eigenvalue weighted by Gasteiger charge is -2.26. The van der Waals surface area contributed by atoms with E-state index in [9.17, 15) is 14.5 Å². The van der Waals surface area contributed by atoms with E-state index >= 15 is 0 Å². The van der Waals surface area contributed by atoms with Crippen LogP contribution in [0, 0.1) is 16.0 Å². The van der Waals surface area contributed by atoms with Gasteiger partial charge in [0.1, 0.15) is 0 Å². The lowest BCUT2D eigenvalue weighted by molar-refractivity contribution is -0.450. The van der Waals surface area contributed by atoms with Gasteiger partial charge in [-0.05, 0) is 20.3 Å². The van der Waals surface area contributed by atoms with E-state index in [1.54, 1.807) is 4.90 Å². The molecule has 6 nitrogen and oxygen atoms in total. The van der Waals surface area contributed by atoms with Crippen LogP contribution in [0.5, 0.6) is 0 Å². The van der Waals surface area contributed by atoms with Crippen LogP contribution in [0.15, 0.2) is 11.8 Å². The Bertz CT molecular complexity index is 335. The van der Waals surface area contributed by atoms with Crippen LogP contribution < -0.4 is 5.32 Å². The second kappa shape index (κ2) is 6.53. The number of nitro groups is 1. The summed E-state index contributed by atoms with van der Waals surface area (Å²) in [6.07, 6.45) is 1.10. The van der Waals surface area contributed by atoms with E-state index in [1.165, 1.54) is 7.05 Å². The highest BCUT2D eigenvalue weighted by Gasteiger charge is 2.28. The summed E-state index contributed by atoms with van der Waals surface area (Å²) < 4.78 is 18.9. The third kappa shape index (κ3) is 3.56. The minimum atomic E-state index is -1.34. The first-order chi connectivity index (χ1) is 8.49. The molecule has 0 aromatic carbocycles. The Morgan fingerprint density at radius 1 is 1.67 bits per heavy atom. The van der Waals surface area contributed by atoms with Gasteiger partial charge in [0.15, 0.2) is 0 Å². The molecule has 0 spiro atoms. The Balaban J connectivity index is 2.75. The maximum absolute atomic E-state index is 13.4. The van der Waals surface area contributed by atoms with Gasteiger partial charge >= 0.3 is 5.95 Å². The third-order valence-electron chi connectivity index (χ3n) is 3.05. The summed E-state index contributed by atoms with van der Waals surface area (Å²) in [4.78, 5) is 11.1. The van der Waals surface area contributed by atoms with E-state index < -0.39 is 10.9 Å². The molecule has 18 heavy (non-hydrogen) atoms. The maximum atomic E-state index is 13.4. The molecule has 0 aromatic heterocycles. The zero-order valence-corrected chi connectivity index (χ0v) is 11.0. The Morgan fingerprint density at radius 3 is 2.72 bits per heavy atom. The number of halogens is 1. The van der Waals surface area contributed by atoms with E-state index in [4.69, 9.17) is 4.74 Å². The van der Waals surface area contributed by atoms with Gasteiger partial charge in [0.2, 0.25) is 5.82 Å². The van der Waals surface area contributed by atoms with E-state index in [1.807, 2.05) is 13.8 Å². The minimum absolute atomic E-state index is 0.0675. The van der Waals surface area contributed by atoms with Crippen molar-refractivity contribution in [2.75, 3.05) is 26.7 Å². The van der Waals surface area contributed by atoms with E-state index in [0.29, 0.717) is 19.7 Å². The predicted molar refractivity (Wildman–Crippen MR) is 65.0 cm³/mol. The average Bonchev–Trinajstić information content (AvgIpc) is 2.74. The van der Waals surface area contributed by atoms with Crippen LogP contribution in [0.25, 0.3) is 0 Å². The average molecular weight is 261 g/mol. The van der Waals surface area contributed by atoms with Crippen molar-refractivity contribution >= 4 is 0 Å². The molecule has 0 radical (unpaired) electrons. The standard InChI is InChI=1S/C11H20FN3O3/c1-4-14(6-9-5-8(2)18-7-9)11(13-3)10(12)15(16)17/h8-9,13H,4-7H2,1-3H3. The third-order valence-corrected chi connectivity index (χ3v) is 3.05. The lowest BCUT2D eigenvalue weighted by atomic mass is 10.1. The molecule has 2 unspecified atom stereocenters. The highest BCUT2D eigenvalue weighted by Crippen LogP contribution is 2.22. The lowest BCUT2D eigenvalue weighted by Crippen LogP contribution is -2.36. The van der Waals surface area contributed by atoms with Crippen LogP contribution in [0.3, 0.4) is 0 Å². The molecule has 1 fully saturated rings. The molecular weight excluding hydrogens is 241 g/mol. The van der Waals surface area contributed by atoms with Crippen LogP contribution in [-0.2, 0) is 4.74 Å². The van der Waals surface area contributed by atoms with Gasteiger partial charge in [0.05, 0.1) is 17.6 Å². The van der Waals surface area contributed by atoms with Gasteiger partial charge in [0.25, 0.3) is 0 Å². The zero-order chi connectivity index (χ0) is 13.7. The zero-order valence-electron chi connectivity index (χ0n) is 11.0. The smallest absolute Gasteiger partial charge is 0.378 e. The van der Waals surface area contributed by atoms with E-state index in [-0.39, 0.29) is 17.8 Å². The summed E-state index contributed by atoms with van der Waals surface area (Å²) >= 11 is 0. The Labute approximate surface area is 106 Å². The van der Waals surface area contributed by atoms with Crippen LogP contribution in [0.2, 0.25) is 0 Å². The van der Waals surface area contributed by atoms with Gasteiger partial charge in [-0.15, -0.1) is 4.39 Å². The van der Waals surface area contributed by atoms with Crippen molar-refractivity contribution in [1.82, 2.24) is 10.2 Å². The number of nitrogens with zero attached hydrogens (tertiary/aromatic N) is 2. The van der Waals surface area contributed by atoms with Gasteiger partial charge in [-0.3, -0.25) is 10.1 Å². The molecule has 0 aliphatic carbocycles. The van der Waals surface area contributed by atoms with Crippen molar-refractivity contribution in [3.05, 3.63) is 21.9 Å². The molecule has 2 atom stereocenters. The minimum Gasteiger partial charge on any atom is -0.378 e. The maximum Gasteiger partial charge on any atom is 0.460 e. The largest absolute Gasteiger partial charge is 0.460 e. The monoisotopic (exact) mass is 261 g/mol. The molecule has 0 bridgehead atoms. The molecule has 1 heterocycles. The van der Waals surface area contributed by atoms with Crippen molar-refractivity contribution < 1.29 is 14.1 Å². The first-order valence-electron chi connectivity index (χ1n) is 6.08. The van der Waals surface area contributed by atoms with Crippen molar-refractivity contribution in [3.8, 4) is 0 Å². The Hall–Kier alpha value is -1.37. The quantitative estimate of drug-likeness (QED) is 0.444. The highest BCUT2D eigenvalue weighted by molar-refractivity contribution is 4.99. The first kappa shape index (κ1) is 14.7. The van der Waals surface area contributed by atoms with Crippen LogP contribution in [-0.4, -0.2) is 42.7 Å². The van der Waals surface area contributed by atoms with Crippen molar-refractivity contribution in [3.63, 3.8) is 0 Å². The van der Waals surface area contributed by atoms with Gasteiger partial charge in [-0.25, -0.2) is 0 Å². The SMILES string of the molecule is CCN(CC1COC(C)C1)C(NC)=C(F)[N+](=O)[O-]. The predicted octanol–water partition coefficient (Wildman–Crippen LogP) is 1.33. The number of hydrogen-bond acceptors (Lipinski definition) is 5. The van der Waals surface area contributed by atoms with Crippen LogP contribution >= 0.6 is 0 Å². The van der Waals surface area contributed by atoms with Crippen molar-refractivity contribution in [2.45, 2.75) is 26.4 Å². The fourth-order valence-electron chi connectivity index (χ4n) is 2.20. The summed E-state index contributed by atoms with van der Waals surface area (Å²) in [6.45, 7) is 5.50. The summed E-state index contributed by atoms with van der Waals surface area (Å²) in [5.74, 6) is -1.13. The summed E-state index contributed by atoms with van der Waals surface area (Å²) in [6, 6.07) is 0. The fraction of sp³-hybridized carbons (Fsp3) is 0.818. The molecule has 0 saturated carbocycles. The van der Waals surface area contributed by atoms with E-state index in [0.717, 1.165) is 6.42 Å². The molecule has 1 N–H and O–H groups in total. The van der Waals surface area contributed by atoms with Crippen LogP contribution in [0.1, 0.15) is 20.3 Å². The first-order valence-corrected chi connectivity index (χ1v) is 6.08. The molecule has 1 aliphatic heterocycles. The molecule has 1 rings (SSSR count). The molecule has 0 aromatic rings. The number of hydrogen-bond donors (Lipinski definition) is 1. The summed E-state index contributed by atoms with van der Waals surface area (Å²) in [5, 5.41) is 13.1. The molecule has 7 heteroatoms. The Morgan fingerprint density at radius 2 is 2.33 bits per heavy atom. The van der Waals surface area contributed by atoms with Gasteiger partial charge < -0.3 is 15.0 Å². The normalized spacial score (nSPS) is 24.7. The van der Waals surface area contributed by atoms with Crippen molar-refractivity contribution in [1.29, 1.82) is 0 Å². The molecule has 1 saturated heterocycles. The van der Waals surface area contributed by atoms with Gasteiger partial charge in [-0.1, -0.05) is 0 Å². The van der Waals surface area contributed by atoms with Crippen LogP contribution in [0.4, 0.5) is 4.39 Å². The number of nitrogens with one attached hydrogen (secondary N) is 1. The number of rotatable bonds is 6. The molecular formula is C11H20FN3O3. The molecule has 1 aliphatic rings. The molecule has 0 amide bonds. The van der Waals surface area contributed by atoms with Gasteiger partial charge in [-0.2, -0.15) is 0 Å². The highest BCUT2D eigenvalue weighted by atomic mass is 19.1. The topological polar surface area (TPSA) is 67.6 Å². The second-order valence-electron chi connectivity index (χ2n) is 4.43.